The van der Waals surface area contributed by atoms with E-state index in [2.05, 4.69) is 20.6 Å². The summed E-state index contributed by atoms with van der Waals surface area (Å²) in [5.74, 6) is 1.43. The van der Waals surface area contributed by atoms with Crippen molar-refractivity contribution in [3.8, 4) is 5.75 Å². The van der Waals surface area contributed by atoms with Crippen LogP contribution in [0, 0.1) is 0 Å². The Balaban J connectivity index is 1.47. The van der Waals surface area contributed by atoms with Gasteiger partial charge in [0.15, 0.2) is 0 Å². The van der Waals surface area contributed by atoms with Gasteiger partial charge in [-0.15, -0.1) is 0 Å². The van der Waals surface area contributed by atoms with Crippen molar-refractivity contribution in [2.45, 2.75) is 6.42 Å². The number of aromatic hydroxyl groups is 1. The Kier molecular flexibility index (Phi) is 5.77. The molecule has 0 radical (unpaired) electrons. The Hall–Kier alpha value is -3.41. The number of phenols is 1. The van der Waals surface area contributed by atoms with Crippen LogP contribution in [-0.4, -0.2) is 34.1 Å². The van der Waals surface area contributed by atoms with E-state index in [-0.39, 0.29) is 11.7 Å². The number of amides is 1. The average Bonchev–Trinajstić information content (AvgIpc) is 2.67. The predicted molar refractivity (Wildman–Crippen MR) is 100 cm³/mol. The first-order valence-electron chi connectivity index (χ1n) is 8.38. The third kappa shape index (κ3) is 5.04. The summed E-state index contributed by atoms with van der Waals surface area (Å²) in [5, 5.41) is 15.2. The highest BCUT2D eigenvalue weighted by Crippen LogP contribution is 2.09. The van der Waals surface area contributed by atoms with E-state index in [4.69, 9.17) is 0 Å². The summed E-state index contributed by atoms with van der Waals surface area (Å²) in [5.41, 5.74) is 1.67. The number of benzene rings is 2. The molecule has 0 aliphatic carbocycles. The standard InChI is InChI=1S/C20H20N4O2/c25-17-8-6-16(7-9-17)20(26)23-13-12-22-18-10-11-21-19(24-18)14-15-4-2-1-3-5-15/h1-11,25H,12-14H2,(H,23,26)(H,21,22,24). The minimum absolute atomic E-state index is 0.137. The third-order valence-corrected chi connectivity index (χ3v) is 3.76. The van der Waals surface area contributed by atoms with E-state index < -0.39 is 0 Å². The van der Waals surface area contributed by atoms with Crippen molar-refractivity contribution >= 4 is 11.7 Å². The average molecular weight is 348 g/mol. The fraction of sp³-hybridized carbons (Fsp3) is 0.150. The number of nitrogens with one attached hydrogen (secondary N) is 2. The summed E-state index contributed by atoms with van der Waals surface area (Å²) in [7, 11) is 0. The van der Waals surface area contributed by atoms with E-state index in [1.165, 1.54) is 12.1 Å². The van der Waals surface area contributed by atoms with Crippen LogP contribution in [-0.2, 0) is 6.42 Å². The lowest BCUT2D eigenvalue weighted by molar-refractivity contribution is 0.0955. The molecule has 6 nitrogen and oxygen atoms in total. The van der Waals surface area contributed by atoms with Crippen LogP contribution in [0.4, 0.5) is 5.82 Å². The molecule has 0 spiro atoms. The predicted octanol–water partition coefficient (Wildman–Crippen LogP) is 2.61. The third-order valence-electron chi connectivity index (χ3n) is 3.76. The second-order valence-electron chi connectivity index (χ2n) is 5.75. The zero-order valence-corrected chi connectivity index (χ0v) is 14.2. The summed E-state index contributed by atoms with van der Waals surface area (Å²) in [6.07, 6.45) is 2.40. The first-order valence-corrected chi connectivity index (χ1v) is 8.38. The topological polar surface area (TPSA) is 87.1 Å². The Morgan fingerprint density at radius 2 is 1.73 bits per heavy atom. The molecule has 1 aromatic heterocycles. The van der Waals surface area contributed by atoms with Gasteiger partial charge in [0, 0.05) is 31.3 Å². The van der Waals surface area contributed by atoms with Crippen LogP contribution < -0.4 is 10.6 Å². The molecule has 3 aromatic rings. The first kappa shape index (κ1) is 17.4. The van der Waals surface area contributed by atoms with Gasteiger partial charge in [0.1, 0.15) is 17.4 Å². The summed E-state index contributed by atoms with van der Waals surface area (Å²) < 4.78 is 0. The van der Waals surface area contributed by atoms with Gasteiger partial charge in [-0.3, -0.25) is 4.79 Å². The number of rotatable bonds is 7. The van der Waals surface area contributed by atoms with Gasteiger partial charge in [-0.1, -0.05) is 30.3 Å². The maximum absolute atomic E-state index is 12.0. The Labute approximate surface area is 152 Å². The second kappa shape index (κ2) is 8.62. The number of carbonyl (C=O) groups is 1. The maximum atomic E-state index is 12.0. The molecule has 0 unspecified atom stereocenters. The Morgan fingerprint density at radius 3 is 2.50 bits per heavy atom. The van der Waals surface area contributed by atoms with Crippen LogP contribution in [0.1, 0.15) is 21.7 Å². The molecule has 3 N–H and O–H groups in total. The smallest absolute Gasteiger partial charge is 0.251 e. The molecule has 132 valence electrons. The number of carbonyl (C=O) groups excluding carboxylic acids is 1. The molecule has 6 heteroatoms. The van der Waals surface area contributed by atoms with E-state index in [0.717, 1.165) is 17.2 Å². The molecule has 0 saturated carbocycles. The van der Waals surface area contributed by atoms with Crippen molar-refractivity contribution in [2.24, 2.45) is 0 Å². The van der Waals surface area contributed by atoms with Crippen LogP contribution in [0.15, 0.2) is 66.9 Å². The van der Waals surface area contributed by atoms with Crippen molar-refractivity contribution in [2.75, 3.05) is 18.4 Å². The first-order chi connectivity index (χ1) is 12.7. The van der Waals surface area contributed by atoms with Crippen LogP contribution in [0.25, 0.3) is 0 Å². The second-order valence-corrected chi connectivity index (χ2v) is 5.75. The molecule has 1 heterocycles. The van der Waals surface area contributed by atoms with E-state index >= 15 is 0 Å². The number of aromatic nitrogens is 2. The van der Waals surface area contributed by atoms with E-state index in [1.54, 1.807) is 24.4 Å². The lowest BCUT2D eigenvalue weighted by Crippen LogP contribution is -2.28. The Bertz CT molecular complexity index is 851. The van der Waals surface area contributed by atoms with E-state index in [0.29, 0.717) is 25.1 Å². The molecule has 0 aliphatic rings. The normalized spacial score (nSPS) is 10.3. The highest BCUT2D eigenvalue weighted by molar-refractivity contribution is 5.94. The van der Waals surface area contributed by atoms with Gasteiger partial charge in [0.25, 0.3) is 5.91 Å². The minimum atomic E-state index is -0.181. The van der Waals surface area contributed by atoms with Crippen molar-refractivity contribution in [3.63, 3.8) is 0 Å². The zero-order chi connectivity index (χ0) is 18.2. The van der Waals surface area contributed by atoms with Crippen LogP contribution >= 0.6 is 0 Å². The lowest BCUT2D eigenvalue weighted by Gasteiger charge is -2.08. The molecule has 0 fully saturated rings. The quantitative estimate of drug-likeness (QED) is 0.571. The van der Waals surface area contributed by atoms with Gasteiger partial charge < -0.3 is 15.7 Å². The van der Waals surface area contributed by atoms with Crippen LogP contribution in [0.5, 0.6) is 5.75 Å². The maximum Gasteiger partial charge on any atom is 0.251 e. The number of nitrogens with zero attached hydrogens (tertiary/aromatic N) is 2. The van der Waals surface area contributed by atoms with Crippen LogP contribution in [0.3, 0.4) is 0 Å². The molecule has 1 amide bonds. The van der Waals surface area contributed by atoms with E-state index in [1.807, 2.05) is 30.3 Å². The number of phenolic OH excluding ortho intramolecular Hbond substituents is 1. The zero-order valence-electron chi connectivity index (χ0n) is 14.2. The highest BCUT2D eigenvalue weighted by Gasteiger charge is 2.05. The molecular formula is C20H20N4O2. The molecule has 0 saturated heterocycles. The summed E-state index contributed by atoms with van der Waals surface area (Å²) in [6, 6.07) is 18.0. The molecule has 0 bridgehead atoms. The van der Waals surface area contributed by atoms with Crippen molar-refractivity contribution < 1.29 is 9.90 Å². The fourth-order valence-corrected chi connectivity index (χ4v) is 2.44. The van der Waals surface area contributed by atoms with Crippen molar-refractivity contribution in [1.29, 1.82) is 0 Å². The van der Waals surface area contributed by atoms with Gasteiger partial charge in [-0.05, 0) is 35.9 Å². The SMILES string of the molecule is O=C(NCCNc1ccnc(Cc2ccccc2)n1)c1ccc(O)cc1. The largest absolute Gasteiger partial charge is 0.508 e. The highest BCUT2D eigenvalue weighted by atomic mass is 16.3. The molecule has 2 aromatic carbocycles. The van der Waals surface area contributed by atoms with E-state index in [9.17, 15) is 9.90 Å². The summed E-state index contributed by atoms with van der Waals surface area (Å²) in [4.78, 5) is 20.8. The molecule has 0 atom stereocenters. The summed E-state index contributed by atoms with van der Waals surface area (Å²) >= 11 is 0. The Morgan fingerprint density at radius 1 is 0.962 bits per heavy atom. The molecule has 26 heavy (non-hydrogen) atoms. The molecular weight excluding hydrogens is 328 g/mol. The van der Waals surface area contributed by atoms with Gasteiger partial charge in [0.2, 0.25) is 0 Å². The van der Waals surface area contributed by atoms with Gasteiger partial charge in [-0.2, -0.15) is 0 Å². The molecule has 3 rings (SSSR count). The lowest BCUT2D eigenvalue weighted by atomic mass is 10.1. The van der Waals surface area contributed by atoms with Crippen molar-refractivity contribution in [3.05, 3.63) is 83.8 Å². The van der Waals surface area contributed by atoms with Gasteiger partial charge in [0.05, 0.1) is 0 Å². The number of hydrogen-bond acceptors (Lipinski definition) is 5. The van der Waals surface area contributed by atoms with Gasteiger partial charge in [-0.25, -0.2) is 9.97 Å². The van der Waals surface area contributed by atoms with Crippen molar-refractivity contribution in [1.82, 2.24) is 15.3 Å². The number of anilines is 1. The van der Waals surface area contributed by atoms with Gasteiger partial charge >= 0.3 is 0 Å². The summed E-state index contributed by atoms with van der Waals surface area (Å²) in [6.45, 7) is 1.00. The molecule has 0 aliphatic heterocycles. The number of hydrogen-bond donors (Lipinski definition) is 3. The monoisotopic (exact) mass is 348 g/mol. The fourth-order valence-electron chi connectivity index (χ4n) is 2.44. The minimum Gasteiger partial charge on any atom is -0.508 e. The van der Waals surface area contributed by atoms with Crippen LogP contribution in [0.2, 0.25) is 0 Å².